The van der Waals surface area contributed by atoms with Crippen LogP contribution in [-0.2, 0) is 51.0 Å². The Morgan fingerprint density at radius 3 is 2.43 bits per heavy atom. The van der Waals surface area contributed by atoms with Gasteiger partial charge >= 0.3 is 5.97 Å². The normalized spacial score (nSPS) is 25.4. The Balaban J connectivity index is 0.919. The van der Waals surface area contributed by atoms with Crippen molar-refractivity contribution in [2.75, 3.05) is 115 Å². The number of carbonyl (C=O) groups is 3. The first-order valence-corrected chi connectivity index (χ1v) is 31.1. The number of cyclic esters (lactones) is 1. The SMILES string of the molecule is CO[C@@H](C)c1ncc(N2CCN(C3CC3)CC2)cc1-c1c2c3cc(ccc3n1CCOC1CCOCC1)-c1csc(n1)[C@@H](N1CC3(COC3)C1)[C@H](NC(=O)C1CCN(c3ccccn3)CC1)C(=O)N1CCC[C@H](N1)C(=O)OCC(C)(C)C2. The number of carbonyl (C=O) groups excluding carboxylic acids is 3. The summed E-state index contributed by atoms with van der Waals surface area (Å²) in [7, 11) is 1.75. The summed E-state index contributed by atoms with van der Waals surface area (Å²) < 4.78 is 33.2. The molecule has 20 heteroatoms. The molecule has 1 aliphatic carbocycles. The average molecular weight is 1140 g/mol. The number of benzene rings is 1. The van der Waals surface area contributed by atoms with Crippen LogP contribution in [-0.4, -0.2) is 182 Å². The first-order chi connectivity index (χ1) is 39.9. The molecule has 19 nitrogen and oxygen atoms in total. The monoisotopic (exact) mass is 1140 g/mol. The number of hydrogen-bond donors (Lipinski definition) is 2. The zero-order valence-electron chi connectivity index (χ0n) is 48.2. The molecule has 1 aromatic carbocycles. The second kappa shape index (κ2) is 23.5. The number of ether oxygens (including phenoxy) is 5. The highest BCUT2D eigenvalue weighted by atomic mass is 32.1. The van der Waals surface area contributed by atoms with Gasteiger partial charge in [0, 0.05) is 142 Å². The van der Waals surface area contributed by atoms with Crippen molar-refractivity contribution in [2.45, 2.75) is 121 Å². The minimum absolute atomic E-state index is 0.00282. The fraction of sp³-hybridized carbons (Fsp3) is 0.613. The van der Waals surface area contributed by atoms with E-state index < -0.39 is 29.5 Å². The largest absolute Gasteiger partial charge is 0.464 e. The summed E-state index contributed by atoms with van der Waals surface area (Å²) in [5.74, 6) is -0.278. The highest BCUT2D eigenvalue weighted by Gasteiger charge is 2.55. The molecule has 7 aliphatic heterocycles. The number of piperidine rings is 1. The van der Waals surface area contributed by atoms with Crippen molar-refractivity contribution in [3.8, 4) is 22.5 Å². The quantitative estimate of drug-likeness (QED) is 0.117. The van der Waals surface area contributed by atoms with Gasteiger partial charge in [0.15, 0.2) is 0 Å². The first kappa shape index (κ1) is 55.6. The van der Waals surface area contributed by atoms with Crippen LogP contribution in [0.2, 0.25) is 0 Å². The van der Waals surface area contributed by atoms with Gasteiger partial charge in [0.05, 0.1) is 73.6 Å². The molecule has 2 amide bonds. The third kappa shape index (κ3) is 11.4. The maximum absolute atomic E-state index is 15.5. The minimum Gasteiger partial charge on any atom is -0.464 e. The van der Waals surface area contributed by atoms with Crippen LogP contribution in [0.15, 0.2) is 60.2 Å². The zero-order valence-corrected chi connectivity index (χ0v) is 49.0. The Morgan fingerprint density at radius 1 is 0.890 bits per heavy atom. The molecule has 5 aromatic rings. The third-order valence-electron chi connectivity index (χ3n) is 18.7. The Kier molecular flexibility index (Phi) is 15.9. The number of piperazine rings is 1. The summed E-state index contributed by atoms with van der Waals surface area (Å²) in [6.45, 7) is 17.4. The Labute approximate surface area is 485 Å². The second-order valence-corrected chi connectivity index (χ2v) is 26.2. The maximum Gasteiger partial charge on any atom is 0.324 e. The molecule has 6 bridgehead atoms. The van der Waals surface area contributed by atoms with Crippen molar-refractivity contribution in [1.82, 2.24) is 45.1 Å². The molecule has 82 heavy (non-hydrogen) atoms. The van der Waals surface area contributed by atoms with Gasteiger partial charge in [-0.05, 0) is 101 Å². The second-order valence-electron chi connectivity index (χ2n) is 25.3. The van der Waals surface area contributed by atoms with Crippen LogP contribution in [0.3, 0.4) is 0 Å². The van der Waals surface area contributed by atoms with E-state index in [0.29, 0.717) is 104 Å². The highest BCUT2D eigenvalue weighted by Crippen LogP contribution is 2.47. The molecule has 11 heterocycles. The number of nitrogens with one attached hydrogen (secondary N) is 2. The maximum atomic E-state index is 15.5. The molecule has 8 aliphatic rings. The molecule has 7 fully saturated rings. The van der Waals surface area contributed by atoms with Gasteiger partial charge in [0.2, 0.25) is 5.91 Å². The Bertz CT molecular complexity index is 3100. The molecular weight excluding hydrogens is 1060 g/mol. The summed E-state index contributed by atoms with van der Waals surface area (Å²) in [5.41, 5.74) is 10.7. The number of methoxy groups -OCH3 is 1. The number of anilines is 2. The summed E-state index contributed by atoms with van der Waals surface area (Å²) in [5, 5.41) is 8.85. The molecule has 1 spiro atoms. The summed E-state index contributed by atoms with van der Waals surface area (Å²) in [4.78, 5) is 69.8. The van der Waals surface area contributed by atoms with Crippen LogP contribution in [0.25, 0.3) is 33.4 Å². The van der Waals surface area contributed by atoms with E-state index in [-0.39, 0.29) is 42.0 Å². The predicted molar refractivity (Wildman–Crippen MR) is 313 cm³/mol. The van der Waals surface area contributed by atoms with E-state index in [2.05, 4.69) is 90.3 Å². The lowest BCUT2D eigenvalue weighted by Gasteiger charge is -2.58. The van der Waals surface area contributed by atoms with Gasteiger partial charge in [-0.3, -0.25) is 34.2 Å². The van der Waals surface area contributed by atoms with Gasteiger partial charge < -0.3 is 43.4 Å². The molecule has 0 unspecified atom stereocenters. The van der Waals surface area contributed by atoms with Crippen LogP contribution in [0.1, 0.15) is 101 Å². The smallest absolute Gasteiger partial charge is 0.324 e. The fourth-order valence-corrected chi connectivity index (χ4v) is 14.8. The Morgan fingerprint density at radius 2 is 1.70 bits per heavy atom. The number of pyridine rings is 2. The first-order valence-electron chi connectivity index (χ1n) is 30.2. The van der Waals surface area contributed by atoms with Gasteiger partial charge in [-0.1, -0.05) is 26.0 Å². The van der Waals surface area contributed by atoms with Crippen LogP contribution in [0, 0.1) is 16.7 Å². The fourth-order valence-electron chi connectivity index (χ4n) is 13.8. The van der Waals surface area contributed by atoms with Crippen molar-refractivity contribution in [2.24, 2.45) is 16.7 Å². The topological polar surface area (TPSA) is 181 Å². The van der Waals surface area contributed by atoms with E-state index in [1.165, 1.54) is 24.2 Å². The van der Waals surface area contributed by atoms with Crippen molar-refractivity contribution < 1.29 is 38.1 Å². The number of hydrazine groups is 1. The summed E-state index contributed by atoms with van der Waals surface area (Å²) in [6.07, 6.45) is 10.8. The molecule has 13 rings (SSSR count). The number of esters is 1. The number of rotatable bonds is 13. The molecule has 4 aromatic heterocycles. The van der Waals surface area contributed by atoms with Gasteiger partial charge in [0.1, 0.15) is 22.9 Å². The summed E-state index contributed by atoms with van der Waals surface area (Å²) in [6, 6.07) is 13.3. The van der Waals surface area contributed by atoms with Crippen molar-refractivity contribution in [3.63, 3.8) is 0 Å². The molecule has 438 valence electrons. The predicted octanol–water partition coefficient (Wildman–Crippen LogP) is 6.81. The minimum atomic E-state index is -1.01. The number of aromatic nitrogens is 4. The number of nitrogens with zero attached hydrogens (tertiary/aromatic N) is 9. The molecule has 2 N–H and O–H groups in total. The van der Waals surface area contributed by atoms with Crippen molar-refractivity contribution >= 4 is 51.5 Å². The van der Waals surface area contributed by atoms with Crippen molar-refractivity contribution in [1.29, 1.82) is 0 Å². The number of thiazole rings is 1. The van der Waals surface area contributed by atoms with Crippen LogP contribution in [0.4, 0.5) is 11.5 Å². The lowest BCUT2D eigenvalue weighted by Crippen LogP contribution is -2.70. The van der Waals surface area contributed by atoms with Gasteiger partial charge in [-0.15, -0.1) is 11.3 Å². The number of fused-ring (bicyclic) bond motifs is 6. The molecule has 1 saturated carbocycles. The molecule has 6 saturated heterocycles. The van der Waals surface area contributed by atoms with Gasteiger partial charge in [0.25, 0.3) is 5.91 Å². The van der Waals surface area contributed by atoms with Gasteiger partial charge in [-0.25, -0.2) is 15.4 Å². The van der Waals surface area contributed by atoms with E-state index in [9.17, 15) is 9.59 Å². The number of hydrogen-bond acceptors (Lipinski definition) is 17. The van der Waals surface area contributed by atoms with Crippen molar-refractivity contribution in [3.05, 3.63) is 76.5 Å². The molecule has 4 atom stereocenters. The number of likely N-dealkylation sites (tertiary alicyclic amines) is 1. The highest BCUT2D eigenvalue weighted by molar-refractivity contribution is 7.10. The molecular formula is C62H81N11O8S. The van der Waals surface area contributed by atoms with Crippen LogP contribution < -0.4 is 20.5 Å². The van der Waals surface area contributed by atoms with E-state index in [0.717, 1.165) is 106 Å². The Hall–Kier alpha value is -5.58. The van der Waals surface area contributed by atoms with E-state index in [1.54, 1.807) is 18.3 Å². The lowest BCUT2D eigenvalue weighted by molar-refractivity contribution is -0.202. The standard InChI is InChI=1S/C62H81N11O8S/c1-40(77-4)53-47(31-44(33-64-53)69-24-22-68(23-25-69)43-11-12-43)55-48-32-61(2,3)37-81-60(76)49-8-7-19-73(67-49)59(75)54(66-57(74)41-14-20-70(21-15-41)52-9-5-6-18-63-52)56(71-35-62(36-71)38-79-39-62)58-65-50(34-82-58)42-10-13-51(46(48)30-42)72(55)26-29-80-45-16-27-78-28-17-45/h5-6,9-10,13,18,30-31,33-34,40-41,43,45,49,54,56,67H,7-8,11-12,14-17,19-29,32,35-39H2,1-4H3,(H,66,74)/t40-,49-,54-,56-/m0/s1. The average Bonchev–Trinajstić information content (AvgIpc) is 3.10. The van der Waals surface area contributed by atoms with Crippen LogP contribution >= 0.6 is 11.3 Å². The van der Waals surface area contributed by atoms with E-state index in [1.807, 2.05) is 24.4 Å². The zero-order chi connectivity index (χ0) is 56.1. The third-order valence-corrected chi connectivity index (χ3v) is 19.6. The van der Waals surface area contributed by atoms with E-state index >= 15 is 4.79 Å². The lowest BCUT2D eigenvalue weighted by atomic mass is 9.76. The van der Waals surface area contributed by atoms with E-state index in [4.69, 9.17) is 33.7 Å². The van der Waals surface area contributed by atoms with Crippen LogP contribution in [0.5, 0.6) is 0 Å². The molecule has 0 radical (unpaired) electrons. The van der Waals surface area contributed by atoms with Gasteiger partial charge in [-0.2, -0.15) is 0 Å². The summed E-state index contributed by atoms with van der Waals surface area (Å²) >= 11 is 1.53. The number of amides is 2.